The lowest BCUT2D eigenvalue weighted by atomic mass is 9.95. The Morgan fingerprint density at radius 2 is 2.43 bits per heavy atom. The van der Waals surface area contributed by atoms with Crippen LogP contribution in [0.1, 0.15) is 28.9 Å². The van der Waals surface area contributed by atoms with E-state index in [9.17, 15) is 4.79 Å². The van der Waals surface area contributed by atoms with Gasteiger partial charge in [0.05, 0.1) is 4.88 Å². The Labute approximate surface area is 125 Å². The highest BCUT2D eigenvalue weighted by Crippen LogP contribution is 2.31. The van der Waals surface area contributed by atoms with Gasteiger partial charge in [-0.3, -0.25) is 4.79 Å². The number of rotatable bonds is 4. The topological polar surface area (TPSA) is 76.4 Å². The van der Waals surface area contributed by atoms with E-state index in [2.05, 4.69) is 15.6 Å². The number of ether oxygens (including phenoxy) is 1. The number of amides is 1. The maximum atomic E-state index is 12.3. The van der Waals surface area contributed by atoms with Crippen molar-refractivity contribution in [3.05, 3.63) is 29.6 Å². The van der Waals surface area contributed by atoms with Crippen LogP contribution in [0, 0.1) is 0 Å². The van der Waals surface area contributed by atoms with E-state index in [0.717, 1.165) is 12.8 Å². The molecule has 0 aromatic carbocycles. The second kappa shape index (κ2) is 5.16. The molecular formula is C14H15N3O3S. The fraction of sp³-hybridized carbons (Fsp3) is 0.429. The number of carbonyl (C=O) groups excluding carboxylic acids is 1. The molecule has 2 aromatic rings. The van der Waals surface area contributed by atoms with Gasteiger partial charge in [-0.25, -0.2) is 4.98 Å². The summed E-state index contributed by atoms with van der Waals surface area (Å²) in [6.45, 7) is 0. The van der Waals surface area contributed by atoms with Crippen LogP contribution < -0.4 is 15.4 Å². The van der Waals surface area contributed by atoms with Crippen LogP contribution in [0.5, 0.6) is 11.0 Å². The number of oxazole rings is 1. The molecule has 2 fully saturated rings. The molecule has 2 bridgehead atoms. The van der Waals surface area contributed by atoms with Crippen molar-refractivity contribution in [1.29, 1.82) is 0 Å². The fourth-order valence-corrected chi connectivity index (χ4v) is 3.84. The molecule has 3 atom stereocenters. The summed E-state index contributed by atoms with van der Waals surface area (Å²) in [6, 6.07) is 4.79. The smallest absolute Gasteiger partial charge is 0.311 e. The first kappa shape index (κ1) is 12.8. The van der Waals surface area contributed by atoms with Crippen LogP contribution in [0.2, 0.25) is 0 Å². The summed E-state index contributed by atoms with van der Waals surface area (Å²) >= 11 is 1.30. The van der Waals surface area contributed by atoms with Gasteiger partial charge < -0.3 is 19.8 Å². The molecule has 2 aliphatic heterocycles. The Morgan fingerprint density at radius 3 is 3.14 bits per heavy atom. The van der Waals surface area contributed by atoms with Gasteiger partial charge in [0.2, 0.25) is 0 Å². The molecular weight excluding hydrogens is 290 g/mol. The zero-order valence-corrected chi connectivity index (χ0v) is 12.1. The van der Waals surface area contributed by atoms with Crippen LogP contribution in [0.25, 0.3) is 0 Å². The van der Waals surface area contributed by atoms with Crippen molar-refractivity contribution in [3.8, 4) is 11.0 Å². The second-order valence-electron chi connectivity index (χ2n) is 5.40. The summed E-state index contributed by atoms with van der Waals surface area (Å²) < 4.78 is 10.5. The highest BCUT2D eigenvalue weighted by atomic mass is 32.1. The third kappa shape index (κ3) is 2.54. The summed E-state index contributed by atoms with van der Waals surface area (Å²) in [4.78, 5) is 16.7. The van der Waals surface area contributed by atoms with Gasteiger partial charge in [-0.05, 0) is 31.4 Å². The normalized spacial score (nSPS) is 27.0. The van der Waals surface area contributed by atoms with Crippen molar-refractivity contribution in [1.82, 2.24) is 15.6 Å². The summed E-state index contributed by atoms with van der Waals surface area (Å²) in [7, 11) is 0. The molecule has 4 rings (SSSR count). The van der Waals surface area contributed by atoms with Gasteiger partial charge >= 0.3 is 5.95 Å². The lowest BCUT2D eigenvalue weighted by Crippen LogP contribution is -2.42. The first-order valence-electron chi connectivity index (χ1n) is 7.01. The SMILES string of the molecule is O=C(N[C@@H]1C[C@H]2CC[C@@H]1N2)c1ccc(Oc2cnco2)s1. The van der Waals surface area contributed by atoms with Crippen molar-refractivity contribution < 1.29 is 13.9 Å². The molecule has 6 nitrogen and oxygen atoms in total. The average Bonchev–Trinajstić information content (AvgIpc) is 3.24. The lowest BCUT2D eigenvalue weighted by Gasteiger charge is -2.20. The number of nitrogens with zero attached hydrogens (tertiary/aromatic N) is 1. The molecule has 0 unspecified atom stereocenters. The first-order valence-corrected chi connectivity index (χ1v) is 7.83. The van der Waals surface area contributed by atoms with E-state index in [1.54, 1.807) is 12.1 Å². The third-order valence-corrected chi connectivity index (χ3v) is 4.99. The van der Waals surface area contributed by atoms with E-state index in [1.165, 1.54) is 30.3 Å². The molecule has 0 saturated carbocycles. The quantitative estimate of drug-likeness (QED) is 0.905. The van der Waals surface area contributed by atoms with Crippen LogP contribution in [0.15, 0.2) is 29.1 Å². The minimum atomic E-state index is -0.0354. The number of hydrogen-bond acceptors (Lipinski definition) is 6. The van der Waals surface area contributed by atoms with Crippen molar-refractivity contribution in [2.45, 2.75) is 37.4 Å². The Balaban J connectivity index is 1.39. The lowest BCUT2D eigenvalue weighted by molar-refractivity contribution is 0.0935. The van der Waals surface area contributed by atoms with Crippen LogP contribution in [0.3, 0.4) is 0 Å². The molecule has 2 aromatic heterocycles. The van der Waals surface area contributed by atoms with E-state index >= 15 is 0 Å². The van der Waals surface area contributed by atoms with Gasteiger partial charge in [0.15, 0.2) is 11.5 Å². The summed E-state index contributed by atoms with van der Waals surface area (Å²) in [6.07, 6.45) is 6.20. The standard InChI is InChI=1S/C14H15N3O3S/c18-14(17-10-5-8-1-2-9(10)16-8)11-3-4-13(21-11)20-12-6-15-7-19-12/h3-4,6-10,16H,1-2,5H2,(H,17,18)/t8-,9+,10-/m1/s1. The number of hydrogen-bond donors (Lipinski definition) is 2. The van der Waals surface area contributed by atoms with Gasteiger partial charge in [-0.2, -0.15) is 0 Å². The van der Waals surface area contributed by atoms with Gasteiger partial charge in [-0.1, -0.05) is 11.3 Å². The zero-order chi connectivity index (χ0) is 14.2. The van der Waals surface area contributed by atoms with E-state index in [4.69, 9.17) is 9.15 Å². The Morgan fingerprint density at radius 1 is 1.48 bits per heavy atom. The molecule has 7 heteroatoms. The van der Waals surface area contributed by atoms with E-state index < -0.39 is 0 Å². The molecule has 2 saturated heterocycles. The van der Waals surface area contributed by atoms with Gasteiger partial charge in [0.1, 0.15) is 6.20 Å². The Kier molecular flexibility index (Phi) is 3.16. The maximum absolute atomic E-state index is 12.3. The fourth-order valence-electron chi connectivity index (χ4n) is 3.07. The van der Waals surface area contributed by atoms with Gasteiger partial charge in [-0.15, -0.1) is 0 Å². The highest BCUT2D eigenvalue weighted by molar-refractivity contribution is 7.15. The van der Waals surface area contributed by atoms with Crippen LogP contribution in [0.4, 0.5) is 0 Å². The van der Waals surface area contributed by atoms with Crippen molar-refractivity contribution in [3.63, 3.8) is 0 Å². The summed E-state index contributed by atoms with van der Waals surface area (Å²) in [5.74, 6) is 0.285. The highest BCUT2D eigenvalue weighted by Gasteiger charge is 2.39. The van der Waals surface area contributed by atoms with E-state index in [0.29, 0.717) is 28.0 Å². The van der Waals surface area contributed by atoms with Crippen LogP contribution in [-0.4, -0.2) is 29.0 Å². The predicted octanol–water partition coefficient (Wildman–Crippen LogP) is 2.15. The maximum Gasteiger partial charge on any atom is 0.311 e. The predicted molar refractivity (Wildman–Crippen MR) is 76.7 cm³/mol. The van der Waals surface area contributed by atoms with Crippen LogP contribution in [-0.2, 0) is 0 Å². The number of thiophene rings is 1. The molecule has 2 aliphatic rings. The third-order valence-electron chi connectivity index (χ3n) is 4.03. The molecule has 21 heavy (non-hydrogen) atoms. The first-order chi connectivity index (χ1) is 10.3. The number of fused-ring (bicyclic) bond motifs is 2. The largest absolute Gasteiger partial charge is 0.414 e. The summed E-state index contributed by atoms with van der Waals surface area (Å²) in [5, 5.41) is 7.24. The zero-order valence-electron chi connectivity index (χ0n) is 11.2. The number of carbonyl (C=O) groups is 1. The van der Waals surface area contributed by atoms with Gasteiger partial charge in [0.25, 0.3) is 5.91 Å². The minimum Gasteiger partial charge on any atom is -0.414 e. The Bertz CT molecular complexity index is 640. The molecule has 1 amide bonds. The van der Waals surface area contributed by atoms with E-state index in [-0.39, 0.29) is 11.9 Å². The van der Waals surface area contributed by atoms with Crippen LogP contribution >= 0.6 is 11.3 Å². The molecule has 110 valence electrons. The van der Waals surface area contributed by atoms with Crippen molar-refractivity contribution >= 4 is 17.2 Å². The van der Waals surface area contributed by atoms with Crippen molar-refractivity contribution in [2.24, 2.45) is 0 Å². The minimum absolute atomic E-state index is 0.0354. The van der Waals surface area contributed by atoms with Gasteiger partial charge in [0, 0.05) is 18.1 Å². The van der Waals surface area contributed by atoms with Crippen molar-refractivity contribution in [2.75, 3.05) is 0 Å². The molecule has 2 N–H and O–H groups in total. The monoisotopic (exact) mass is 305 g/mol. The average molecular weight is 305 g/mol. The molecule has 4 heterocycles. The molecule has 0 spiro atoms. The Hall–Kier alpha value is -1.86. The molecule has 0 aliphatic carbocycles. The number of aromatic nitrogens is 1. The number of nitrogens with one attached hydrogen (secondary N) is 2. The second-order valence-corrected chi connectivity index (χ2v) is 6.45. The summed E-state index contributed by atoms with van der Waals surface area (Å²) in [5.41, 5.74) is 0. The molecule has 0 radical (unpaired) electrons. The van der Waals surface area contributed by atoms with E-state index in [1.807, 2.05) is 0 Å².